The van der Waals surface area contributed by atoms with E-state index in [1.165, 1.54) is 38.5 Å². The number of carbonyl (C=O) groups is 1. The zero-order chi connectivity index (χ0) is 13.9. The predicted molar refractivity (Wildman–Crippen MR) is 79.0 cm³/mol. The fourth-order valence-electron chi connectivity index (χ4n) is 6.24. The van der Waals surface area contributed by atoms with E-state index in [0.29, 0.717) is 11.3 Å². The van der Waals surface area contributed by atoms with Gasteiger partial charge in [-0.15, -0.1) is 0 Å². The molecule has 2 unspecified atom stereocenters. The summed E-state index contributed by atoms with van der Waals surface area (Å²) in [7, 11) is 0. The Hall–Kier alpha value is -0.570. The lowest BCUT2D eigenvalue weighted by Gasteiger charge is -2.57. The molecule has 3 heteroatoms. The number of likely N-dealkylation sites (tertiary alicyclic amines) is 1. The molecule has 4 saturated carbocycles. The third-order valence-corrected chi connectivity index (χ3v) is 6.83. The van der Waals surface area contributed by atoms with Gasteiger partial charge in [0.2, 0.25) is 5.91 Å². The highest BCUT2D eigenvalue weighted by molar-refractivity contribution is 5.77. The molecule has 5 fully saturated rings. The Labute approximate surface area is 122 Å². The van der Waals surface area contributed by atoms with Crippen LogP contribution in [0.25, 0.3) is 0 Å². The minimum absolute atomic E-state index is 0.190. The second-order valence-corrected chi connectivity index (χ2v) is 8.37. The number of amides is 1. The standard InChI is InChI=1S/C17H28N2O/c1-11-15(18)2-3-19(11)16(20)10-17-7-12-4-13(8-17)6-14(5-12)9-17/h11-15H,2-10,18H2,1H3. The lowest BCUT2D eigenvalue weighted by atomic mass is 9.49. The van der Waals surface area contributed by atoms with Crippen LogP contribution in [-0.4, -0.2) is 29.4 Å². The van der Waals surface area contributed by atoms with Crippen molar-refractivity contribution in [3.63, 3.8) is 0 Å². The molecule has 5 aliphatic rings. The van der Waals surface area contributed by atoms with Crippen molar-refractivity contribution in [2.75, 3.05) is 6.54 Å². The van der Waals surface area contributed by atoms with Crippen molar-refractivity contribution in [2.45, 2.75) is 70.4 Å². The van der Waals surface area contributed by atoms with Gasteiger partial charge in [-0.05, 0) is 75.0 Å². The SMILES string of the molecule is CC1C(N)CCN1C(=O)CC12CC3CC(CC(C3)C1)C2. The van der Waals surface area contributed by atoms with Crippen LogP contribution in [0, 0.1) is 23.2 Å². The lowest BCUT2D eigenvalue weighted by Crippen LogP contribution is -2.49. The van der Waals surface area contributed by atoms with Gasteiger partial charge in [-0.2, -0.15) is 0 Å². The van der Waals surface area contributed by atoms with E-state index in [9.17, 15) is 4.79 Å². The summed E-state index contributed by atoms with van der Waals surface area (Å²) >= 11 is 0. The van der Waals surface area contributed by atoms with E-state index in [0.717, 1.165) is 37.1 Å². The van der Waals surface area contributed by atoms with E-state index >= 15 is 0 Å². The van der Waals surface area contributed by atoms with Gasteiger partial charge in [0, 0.05) is 25.0 Å². The van der Waals surface area contributed by atoms with Gasteiger partial charge in [-0.1, -0.05) is 0 Å². The van der Waals surface area contributed by atoms with Crippen LogP contribution < -0.4 is 5.73 Å². The van der Waals surface area contributed by atoms with Crippen molar-refractivity contribution in [3.8, 4) is 0 Å². The van der Waals surface area contributed by atoms with Gasteiger partial charge in [0.05, 0.1) is 0 Å². The Balaban J connectivity index is 1.47. The maximum atomic E-state index is 12.8. The van der Waals surface area contributed by atoms with Crippen molar-refractivity contribution in [3.05, 3.63) is 0 Å². The Kier molecular flexibility index (Phi) is 2.93. The normalized spacial score (nSPS) is 49.9. The highest BCUT2D eigenvalue weighted by Gasteiger charge is 2.52. The molecule has 2 N–H and O–H groups in total. The topological polar surface area (TPSA) is 46.3 Å². The number of hydrogen-bond acceptors (Lipinski definition) is 2. The first-order chi connectivity index (χ1) is 9.55. The van der Waals surface area contributed by atoms with Gasteiger partial charge in [0.1, 0.15) is 0 Å². The number of hydrogen-bond donors (Lipinski definition) is 1. The fraction of sp³-hybridized carbons (Fsp3) is 0.941. The monoisotopic (exact) mass is 276 g/mol. The van der Waals surface area contributed by atoms with Crippen molar-refractivity contribution in [2.24, 2.45) is 28.9 Å². The molecule has 1 heterocycles. The van der Waals surface area contributed by atoms with E-state index in [4.69, 9.17) is 5.73 Å². The first-order valence-electron chi connectivity index (χ1n) is 8.60. The number of carbonyl (C=O) groups excluding carboxylic acids is 1. The first kappa shape index (κ1) is 13.1. The molecule has 3 nitrogen and oxygen atoms in total. The van der Waals surface area contributed by atoms with Crippen LogP contribution in [0.1, 0.15) is 58.3 Å². The van der Waals surface area contributed by atoms with Crippen LogP contribution in [0.3, 0.4) is 0 Å². The maximum Gasteiger partial charge on any atom is 0.223 e. The third kappa shape index (κ3) is 2.01. The summed E-state index contributed by atoms with van der Waals surface area (Å²) in [6.45, 7) is 3.00. The second-order valence-electron chi connectivity index (χ2n) is 8.37. The average Bonchev–Trinajstić information content (AvgIpc) is 2.67. The van der Waals surface area contributed by atoms with Crippen LogP contribution in [0.15, 0.2) is 0 Å². The molecule has 4 bridgehead atoms. The zero-order valence-corrected chi connectivity index (χ0v) is 12.7. The zero-order valence-electron chi connectivity index (χ0n) is 12.7. The molecule has 0 aromatic rings. The van der Waals surface area contributed by atoms with E-state index in [-0.39, 0.29) is 12.1 Å². The second kappa shape index (κ2) is 4.46. The van der Waals surface area contributed by atoms with Gasteiger partial charge in [-0.25, -0.2) is 0 Å². The van der Waals surface area contributed by atoms with E-state index in [1.54, 1.807) is 0 Å². The molecular weight excluding hydrogens is 248 g/mol. The summed E-state index contributed by atoms with van der Waals surface area (Å²) in [5.74, 6) is 3.21. The largest absolute Gasteiger partial charge is 0.338 e. The first-order valence-corrected chi connectivity index (χ1v) is 8.60. The van der Waals surface area contributed by atoms with E-state index in [1.807, 2.05) is 0 Å². The Morgan fingerprint density at radius 2 is 1.70 bits per heavy atom. The molecule has 0 spiro atoms. The molecule has 1 saturated heterocycles. The van der Waals surface area contributed by atoms with Gasteiger partial charge in [0.15, 0.2) is 0 Å². The van der Waals surface area contributed by atoms with Crippen molar-refractivity contribution < 1.29 is 4.79 Å². The Bertz CT molecular complexity index is 384. The summed E-state index contributed by atoms with van der Waals surface area (Å²) in [5.41, 5.74) is 6.45. The van der Waals surface area contributed by atoms with Crippen LogP contribution in [-0.2, 0) is 4.79 Å². The molecule has 0 aromatic heterocycles. The summed E-state index contributed by atoms with van der Waals surface area (Å²) in [6, 6.07) is 0.437. The fourth-order valence-corrected chi connectivity index (χ4v) is 6.24. The van der Waals surface area contributed by atoms with Crippen LogP contribution in [0.5, 0.6) is 0 Å². The van der Waals surface area contributed by atoms with Crippen LogP contribution in [0.2, 0.25) is 0 Å². The number of rotatable bonds is 2. The molecule has 2 atom stereocenters. The molecule has 1 amide bonds. The summed E-state index contributed by atoms with van der Waals surface area (Å²) in [4.78, 5) is 14.8. The van der Waals surface area contributed by atoms with Crippen LogP contribution in [0.4, 0.5) is 0 Å². The number of nitrogens with zero attached hydrogens (tertiary/aromatic N) is 1. The van der Waals surface area contributed by atoms with Crippen molar-refractivity contribution in [1.29, 1.82) is 0 Å². The molecule has 1 aliphatic heterocycles. The minimum Gasteiger partial charge on any atom is -0.338 e. The van der Waals surface area contributed by atoms with E-state index < -0.39 is 0 Å². The third-order valence-electron chi connectivity index (χ3n) is 6.83. The molecule has 0 aromatic carbocycles. The molecule has 0 radical (unpaired) electrons. The highest BCUT2D eigenvalue weighted by Crippen LogP contribution is 2.61. The van der Waals surface area contributed by atoms with Gasteiger partial charge >= 0.3 is 0 Å². The van der Waals surface area contributed by atoms with Crippen LogP contribution >= 0.6 is 0 Å². The highest BCUT2D eigenvalue weighted by atomic mass is 16.2. The van der Waals surface area contributed by atoms with Gasteiger partial charge in [-0.3, -0.25) is 4.79 Å². The molecular formula is C17H28N2O. The van der Waals surface area contributed by atoms with Gasteiger partial charge < -0.3 is 10.6 Å². The molecule has 20 heavy (non-hydrogen) atoms. The summed E-state index contributed by atoms with van der Waals surface area (Å²) < 4.78 is 0. The summed E-state index contributed by atoms with van der Waals surface area (Å²) in [5, 5.41) is 0. The average molecular weight is 276 g/mol. The smallest absolute Gasteiger partial charge is 0.223 e. The summed E-state index contributed by atoms with van der Waals surface area (Å²) in [6.07, 6.45) is 10.2. The van der Waals surface area contributed by atoms with Gasteiger partial charge in [0.25, 0.3) is 0 Å². The lowest BCUT2D eigenvalue weighted by molar-refractivity contribution is -0.140. The predicted octanol–water partition coefficient (Wildman–Crippen LogP) is 2.54. The molecule has 5 rings (SSSR count). The van der Waals surface area contributed by atoms with Crippen molar-refractivity contribution >= 4 is 5.91 Å². The molecule has 4 aliphatic carbocycles. The van der Waals surface area contributed by atoms with Crippen molar-refractivity contribution in [1.82, 2.24) is 4.90 Å². The Morgan fingerprint density at radius 1 is 1.15 bits per heavy atom. The number of nitrogens with two attached hydrogens (primary N) is 1. The minimum atomic E-state index is 0.190. The van der Waals surface area contributed by atoms with E-state index in [2.05, 4.69) is 11.8 Å². The Morgan fingerprint density at radius 3 is 2.15 bits per heavy atom. The maximum absolute atomic E-state index is 12.8. The quantitative estimate of drug-likeness (QED) is 0.842. The molecule has 112 valence electrons.